The third-order valence-electron chi connectivity index (χ3n) is 3.60. The van der Waals surface area contributed by atoms with Gasteiger partial charge in [-0.1, -0.05) is 6.92 Å². The summed E-state index contributed by atoms with van der Waals surface area (Å²) in [5, 5.41) is 8.97. The number of rotatable bonds is 6. The number of nitrogens with zero attached hydrogens (tertiary/aromatic N) is 2. The fourth-order valence-electron chi connectivity index (χ4n) is 2.67. The summed E-state index contributed by atoms with van der Waals surface area (Å²) in [6.07, 6.45) is 5.06. The van der Waals surface area contributed by atoms with Gasteiger partial charge in [-0.15, -0.1) is 0 Å². The highest BCUT2D eigenvalue weighted by molar-refractivity contribution is 8.00. The highest BCUT2D eigenvalue weighted by atomic mass is 32.2. The Morgan fingerprint density at radius 3 is 3.00 bits per heavy atom. The highest BCUT2D eigenvalue weighted by Crippen LogP contribution is 2.30. The molecule has 0 aromatic carbocycles. The molecule has 0 saturated carbocycles. The van der Waals surface area contributed by atoms with Crippen molar-refractivity contribution in [3.8, 4) is 0 Å². The van der Waals surface area contributed by atoms with Gasteiger partial charge in [0.05, 0.1) is 5.69 Å². The number of aryl methyl sites for hydroxylation is 2. The largest absolute Gasteiger partial charge is 0.312 e. The molecule has 18 heavy (non-hydrogen) atoms. The summed E-state index contributed by atoms with van der Waals surface area (Å²) in [7, 11) is 2.06. The van der Waals surface area contributed by atoms with E-state index in [-0.39, 0.29) is 0 Å². The average molecular weight is 267 g/mol. The SMILES string of the molecule is CCCNC(Cc1cc(C)nn1C)C1CCCS1. The first-order chi connectivity index (χ1) is 8.70. The number of hydrogen-bond donors (Lipinski definition) is 1. The van der Waals surface area contributed by atoms with Gasteiger partial charge in [-0.3, -0.25) is 4.68 Å². The van der Waals surface area contributed by atoms with Crippen LogP contribution in [0, 0.1) is 6.92 Å². The lowest BCUT2D eigenvalue weighted by Gasteiger charge is -2.24. The zero-order chi connectivity index (χ0) is 13.0. The van der Waals surface area contributed by atoms with Crippen molar-refractivity contribution >= 4 is 11.8 Å². The van der Waals surface area contributed by atoms with E-state index in [0.717, 1.165) is 23.9 Å². The van der Waals surface area contributed by atoms with Crippen molar-refractivity contribution < 1.29 is 0 Å². The molecule has 102 valence electrons. The molecule has 1 aliphatic rings. The van der Waals surface area contributed by atoms with E-state index >= 15 is 0 Å². The van der Waals surface area contributed by atoms with Crippen LogP contribution < -0.4 is 5.32 Å². The topological polar surface area (TPSA) is 29.9 Å². The molecule has 0 amide bonds. The second-order valence-corrected chi connectivity index (χ2v) is 6.56. The van der Waals surface area contributed by atoms with Crippen LogP contribution in [0.3, 0.4) is 0 Å². The molecule has 0 aliphatic carbocycles. The summed E-state index contributed by atoms with van der Waals surface area (Å²) in [4.78, 5) is 0. The van der Waals surface area contributed by atoms with Gasteiger partial charge in [0.25, 0.3) is 0 Å². The van der Waals surface area contributed by atoms with Gasteiger partial charge < -0.3 is 5.32 Å². The lowest BCUT2D eigenvalue weighted by atomic mass is 10.0. The second-order valence-electron chi connectivity index (χ2n) is 5.22. The summed E-state index contributed by atoms with van der Waals surface area (Å²) >= 11 is 2.14. The first kappa shape index (κ1) is 13.9. The average Bonchev–Trinajstić information content (AvgIpc) is 2.95. The predicted molar refractivity (Wildman–Crippen MR) is 79.2 cm³/mol. The van der Waals surface area contributed by atoms with Crippen LogP contribution in [0.15, 0.2) is 6.07 Å². The molecule has 4 heteroatoms. The van der Waals surface area contributed by atoms with Gasteiger partial charge in [-0.2, -0.15) is 16.9 Å². The lowest BCUT2D eigenvalue weighted by molar-refractivity contribution is 0.470. The molecule has 1 aromatic heterocycles. The van der Waals surface area contributed by atoms with Crippen molar-refractivity contribution in [3.63, 3.8) is 0 Å². The Morgan fingerprint density at radius 2 is 2.44 bits per heavy atom. The van der Waals surface area contributed by atoms with Gasteiger partial charge >= 0.3 is 0 Å². The quantitative estimate of drug-likeness (QED) is 0.859. The van der Waals surface area contributed by atoms with Crippen molar-refractivity contribution in [2.75, 3.05) is 12.3 Å². The Bertz CT molecular complexity index is 369. The molecule has 1 aliphatic heterocycles. The summed E-state index contributed by atoms with van der Waals surface area (Å²) in [5.41, 5.74) is 2.48. The number of thioether (sulfide) groups is 1. The van der Waals surface area contributed by atoms with E-state index in [1.807, 2.05) is 4.68 Å². The molecule has 2 heterocycles. The maximum absolute atomic E-state index is 4.45. The van der Waals surface area contributed by atoms with Gasteiger partial charge in [-0.05, 0) is 44.6 Å². The van der Waals surface area contributed by atoms with Crippen molar-refractivity contribution in [2.45, 2.75) is 50.8 Å². The Balaban J connectivity index is 2.01. The summed E-state index contributed by atoms with van der Waals surface area (Å²) in [6, 6.07) is 2.83. The molecule has 0 radical (unpaired) electrons. The van der Waals surface area contributed by atoms with E-state index in [9.17, 15) is 0 Å². The van der Waals surface area contributed by atoms with Gasteiger partial charge in [-0.25, -0.2) is 0 Å². The Labute approximate surface area is 115 Å². The van der Waals surface area contributed by atoms with Crippen LogP contribution in [0.2, 0.25) is 0 Å². The molecule has 2 unspecified atom stereocenters. The molecule has 0 bridgehead atoms. The normalized spacial score (nSPS) is 21.4. The fourth-order valence-corrected chi connectivity index (χ4v) is 4.06. The highest BCUT2D eigenvalue weighted by Gasteiger charge is 2.26. The molecule has 1 saturated heterocycles. The van der Waals surface area contributed by atoms with E-state index in [0.29, 0.717) is 6.04 Å². The number of aromatic nitrogens is 2. The third-order valence-corrected chi connectivity index (χ3v) is 5.11. The van der Waals surface area contributed by atoms with Crippen LogP contribution in [0.25, 0.3) is 0 Å². The number of nitrogens with one attached hydrogen (secondary N) is 1. The van der Waals surface area contributed by atoms with Crippen molar-refractivity contribution in [2.24, 2.45) is 7.05 Å². The zero-order valence-corrected chi connectivity index (χ0v) is 12.6. The third kappa shape index (κ3) is 3.51. The lowest BCUT2D eigenvalue weighted by Crippen LogP contribution is -2.39. The molecule has 0 spiro atoms. The van der Waals surface area contributed by atoms with Crippen LogP contribution in [-0.2, 0) is 13.5 Å². The molecule has 2 rings (SSSR count). The molecular weight excluding hydrogens is 242 g/mol. The monoisotopic (exact) mass is 267 g/mol. The van der Waals surface area contributed by atoms with Gasteiger partial charge in [0, 0.05) is 30.5 Å². The van der Waals surface area contributed by atoms with Crippen molar-refractivity contribution in [3.05, 3.63) is 17.5 Å². The van der Waals surface area contributed by atoms with E-state index in [1.54, 1.807) is 0 Å². The van der Waals surface area contributed by atoms with Crippen molar-refractivity contribution in [1.29, 1.82) is 0 Å². The minimum absolute atomic E-state index is 0.604. The minimum Gasteiger partial charge on any atom is -0.312 e. The van der Waals surface area contributed by atoms with E-state index < -0.39 is 0 Å². The Hall–Kier alpha value is -0.480. The van der Waals surface area contributed by atoms with Crippen molar-refractivity contribution in [1.82, 2.24) is 15.1 Å². The molecular formula is C14H25N3S. The summed E-state index contributed by atoms with van der Waals surface area (Å²) in [5.74, 6) is 1.33. The standard InChI is InChI=1S/C14H25N3S/c1-4-7-15-13(14-6-5-8-18-14)10-12-9-11(2)16-17(12)3/h9,13-15H,4-8,10H2,1-3H3. The molecule has 3 nitrogen and oxygen atoms in total. The first-order valence-electron chi connectivity index (χ1n) is 7.05. The Morgan fingerprint density at radius 1 is 1.61 bits per heavy atom. The molecule has 1 fully saturated rings. The van der Waals surface area contributed by atoms with Gasteiger partial charge in [0.1, 0.15) is 0 Å². The Kier molecular flexibility index (Phi) is 5.13. The van der Waals surface area contributed by atoms with Gasteiger partial charge in [0.2, 0.25) is 0 Å². The molecule has 1 aromatic rings. The van der Waals surface area contributed by atoms with Crippen LogP contribution in [-0.4, -0.2) is 33.4 Å². The fraction of sp³-hybridized carbons (Fsp3) is 0.786. The molecule has 2 atom stereocenters. The number of hydrogen-bond acceptors (Lipinski definition) is 3. The molecule has 1 N–H and O–H groups in total. The van der Waals surface area contributed by atoms with Crippen LogP contribution in [0.4, 0.5) is 0 Å². The van der Waals surface area contributed by atoms with E-state index in [2.05, 4.69) is 49.1 Å². The first-order valence-corrected chi connectivity index (χ1v) is 8.10. The maximum Gasteiger partial charge on any atom is 0.0596 e. The van der Waals surface area contributed by atoms with Crippen LogP contribution in [0.5, 0.6) is 0 Å². The minimum atomic E-state index is 0.604. The second kappa shape index (κ2) is 6.62. The van der Waals surface area contributed by atoms with Gasteiger partial charge in [0.15, 0.2) is 0 Å². The van der Waals surface area contributed by atoms with E-state index in [1.165, 1.54) is 30.7 Å². The predicted octanol–water partition coefficient (Wildman–Crippen LogP) is 2.53. The summed E-state index contributed by atoms with van der Waals surface area (Å²) < 4.78 is 2.04. The van der Waals surface area contributed by atoms with E-state index in [4.69, 9.17) is 0 Å². The van der Waals surface area contributed by atoms with Crippen LogP contribution >= 0.6 is 11.8 Å². The maximum atomic E-state index is 4.45. The smallest absolute Gasteiger partial charge is 0.0596 e. The zero-order valence-electron chi connectivity index (χ0n) is 11.8. The van der Waals surface area contributed by atoms with Crippen LogP contribution in [0.1, 0.15) is 37.6 Å². The summed E-state index contributed by atoms with van der Waals surface area (Å²) in [6.45, 7) is 5.43.